The van der Waals surface area contributed by atoms with Gasteiger partial charge < -0.3 is 5.11 Å². The van der Waals surface area contributed by atoms with Crippen LogP contribution < -0.4 is 0 Å². The van der Waals surface area contributed by atoms with Gasteiger partial charge in [-0.25, -0.2) is 17.6 Å². The maximum atomic E-state index is 13.0. The van der Waals surface area contributed by atoms with Crippen LogP contribution in [0.4, 0.5) is 17.6 Å². The number of rotatable bonds is 3. The molecule has 2 rings (SSSR count). The van der Waals surface area contributed by atoms with Crippen LogP contribution in [0.25, 0.3) is 0 Å². The van der Waals surface area contributed by atoms with E-state index >= 15 is 0 Å². The number of hydrogen-bond acceptors (Lipinski definition) is 1. The van der Waals surface area contributed by atoms with Crippen molar-refractivity contribution >= 4 is 0 Å². The molecule has 5 heteroatoms. The minimum Gasteiger partial charge on any atom is -0.392 e. The molecule has 1 aromatic carbocycles. The summed E-state index contributed by atoms with van der Waals surface area (Å²) in [5, 5.41) is 10.00. The molecule has 1 fully saturated rings. The molecule has 1 aromatic rings. The lowest BCUT2D eigenvalue weighted by molar-refractivity contribution is -0.0619. The summed E-state index contributed by atoms with van der Waals surface area (Å²) in [7, 11) is 0. The summed E-state index contributed by atoms with van der Waals surface area (Å²) in [6.45, 7) is 0. The van der Waals surface area contributed by atoms with Crippen molar-refractivity contribution in [3.05, 3.63) is 35.4 Å². The first kappa shape index (κ1) is 14.3. The Morgan fingerprint density at radius 1 is 1.16 bits per heavy atom. The van der Waals surface area contributed by atoms with Gasteiger partial charge in [-0.15, -0.1) is 0 Å². The predicted octanol–water partition coefficient (Wildman–Crippen LogP) is 3.69. The van der Waals surface area contributed by atoms with Gasteiger partial charge in [-0.05, 0) is 42.9 Å². The van der Waals surface area contributed by atoms with Crippen molar-refractivity contribution in [2.24, 2.45) is 5.92 Å². The monoisotopic (exact) mass is 276 g/mol. The summed E-state index contributed by atoms with van der Waals surface area (Å²) >= 11 is 0. The molecule has 1 saturated carbocycles. The topological polar surface area (TPSA) is 20.2 Å². The van der Waals surface area contributed by atoms with Gasteiger partial charge in [0, 0.05) is 12.8 Å². The third kappa shape index (κ3) is 3.69. The van der Waals surface area contributed by atoms with E-state index in [0.717, 1.165) is 12.1 Å². The molecule has 0 radical (unpaired) electrons. The zero-order chi connectivity index (χ0) is 14.0. The van der Waals surface area contributed by atoms with Gasteiger partial charge in [-0.1, -0.05) is 6.07 Å². The van der Waals surface area contributed by atoms with Gasteiger partial charge in [0.25, 0.3) is 0 Å². The van der Waals surface area contributed by atoms with Crippen LogP contribution in [0, 0.1) is 17.6 Å². The fraction of sp³-hybridized carbons (Fsp3) is 0.571. The highest BCUT2D eigenvalue weighted by Crippen LogP contribution is 2.38. The first-order valence-electron chi connectivity index (χ1n) is 6.37. The Kier molecular flexibility index (Phi) is 4.13. The number of benzene rings is 1. The quantitative estimate of drug-likeness (QED) is 0.835. The van der Waals surface area contributed by atoms with Crippen LogP contribution in [-0.2, 0) is 6.42 Å². The molecular formula is C14H16F4O. The molecule has 0 heterocycles. The molecule has 0 bridgehead atoms. The Bertz CT molecular complexity index is 437. The van der Waals surface area contributed by atoms with Crippen molar-refractivity contribution in [3.8, 4) is 0 Å². The average molecular weight is 276 g/mol. The van der Waals surface area contributed by atoms with Crippen LogP contribution in [0.1, 0.15) is 31.2 Å². The number of aliphatic hydroxyl groups is 1. The fourth-order valence-corrected chi connectivity index (χ4v) is 2.52. The molecule has 106 valence electrons. The lowest BCUT2D eigenvalue weighted by Gasteiger charge is -2.31. The van der Waals surface area contributed by atoms with E-state index in [0.29, 0.717) is 5.56 Å². The van der Waals surface area contributed by atoms with Crippen LogP contribution >= 0.6 is 0 Å². The maximum Gasteiger partial charge on any atom is 0.248 e. The van der Waals surface area contributed by atoms with Crippen LogP contribution in [0.2, 0.25) is 0 Å². The highest BCUT2D eigenvalue weighted by Gasteiger charge is 2.37. The first-order valence-corrected chi connectivity index (χ1v) is 6.37. The largest absolute Gasteiger partial charge is 0.392 e. The van der Waals surface area contributed by atoms with Crippen LogP contribution in [0.5, 0.6) is 0 Å². The van der Waals surface area contributed by atoms with Crippen molar-refractivity contribution in [2.45, 2.75) is 44.1 Å². The Labute approximate surface area is 109 Å². The van der Waals surface area contributed by atoms with E-state index in [1.807, 2.05) is 0 Å². The van der Waals surface area contributed by atoms with Gasteiger partial charge in [-0.2, -0.15) is 0 Å². The second kappa shape index (κ2) is 5.49. The van der Waals surface area contributed by atoms with Gasteiger partial charge >= 0.3 is 0 Å². The van der Waals surface area contributed by atoms with Gasteiger partial charge in [0.15, 0.2) is 11.6 Å². The highest BCUT2D eigenvalue weighted by atomic mass is 19.3. The van der Waals surface area contributed by atoms with Crippen molar-refractivity contribution in [1.29, 1.82) is 0 Å². The molecule has 0 amide bonds. The van der Waals surface area contributed by atoms with Crippen molar-refractivity contribution in [1.82, 2.24) is 0 Å². The minimum absolute atomic E-state index is 0.160. The Morgan fingerprint density at radius 3 is 2.37 bits per heavy atom. The number of alkyl halides is 2. The molecule has 0 aromatic heterocycles. The molecule has 19 heavy (non-hydrogen) atoms. The summed E-state index contributed by atoms with van der Waals surface area (Å²) in [6.07, 6.45) is -0.539. The number of hydrogen-bond donors (Lipinski definition) is 1. The third-order valence-electron chi connectivity index (χ3n) is 3.73. The molecule has 1 aliphatic carbocycles. The van der Waals surface area contributed by atoms with E-state index < -0.39 is 23.7 Å². The maximum absolute atomic E-state index is 13.0. The standard InChI is InChI=1S/C14H16F4O/c15-11-2-1-9(7-12(11)16)8-13(19)10-3-5-14(17,18)6-4-10/h1-2,7,10,13,19H,3-6,8H2. The average Bonchev–Trinajstić information content (AvgIpc) is 2.33. The summed E-state index contributed by atoms with van der Waals surface area (Å²) in [6, 6.07) is 3.45. The van der Waals surface area contributed by atoms with E-state index in [1.165, 1.54) is 6.07 Å². The third-order valence-corrected chi connectivity index (χ3v) is 3.73. The molecule has 1 aliphatic rings. The van der Waals surface area contributed by atoms with E-state index in [4.69, 9.17) is 0 Å². The van der Waals surface area contributed by atoms with Gasteiger partial charge in [0.2, 0.25) is 5.92 Å². The predicted molar refractivity (Wildman–Crippen MR) is 63.0 cm³/mol. The molecule has 0 aliphatic heterocycles. The SMILES string of the molecule is OC(Cc1ccc(F)c(F)c1)C1CCC(F)(F)CC1. The van der Waals surface area contributed by atoms with E-state index in [9.17, 15) is 22.7 Å². The highest BCUT2D eigenvalue weighted by molar-refractivity contribution is 5.18. The smallest absolute Gasteiger partial charge is 0.248 e. The van der Waals surface area contributed by atoms with Crippen LogP contribution in [0.3, 0.4) is 0 Å². The Balaban J connectivity index is 1.94. The molecule has 1 N–H and O–H groups in total. The van der Waals surface area contributed by atoms with Gasteiger partial charge in [0.05, 0.1) is 6.10 Å². The zero-order valence-electron chi connectivity index (χ0n) is 10.4. The molecular weight excluding hydrogens is 260 g/mol. The zero-order valence-corrected chi connectivity index (χ0v) is 10.4. The summed E-state index contributed by atoms with van der Waals surface area (Å²) in [5.41, 5.74) is 0.476. The van der Waals surface area contributed by atoms with Crippen molar-refractivity contribution < 1.29 is 22.7 Å². The normalized spacial score (nSPS) is 21.3. The van der Waals surface area contributed by atoms with E-state index in [1.54, 1.807) is 0 Å². The number of aliphatic hydroxyl groups excluding tert-OH is 1. The summed E-state index contributed by atoms with van der Waals surface area (Å²) < 4.78 is 51.8. The van der Waals surface area contributed by atoms with Crippen molar-refractivity contribution in [3.63, 3.8) is 0 Å². The van der Waals surface area contributed by atoms with Gasteiger partial charge in [0.1, 0.15) is 0 Å². The summed E-state index contributed by atoms with van der Waals surface area (Å²) in [5.74, 6) is -4.72. The van der Waals surface area contributed by atoms with E-state index in [-0.39, 0.29) is 38.0 Å². The molecule has 1 nitrogen and oxygen atoms in total. The fourth-order valence-electron chi connectivity index (χ4n) is 2.52. The lowest BCUT2D eigenvalue weighted by Crippen LogP contribution is -2.32. The van der Waals surface area contributed by atoms with Crippen LogP contribution in [-0.4, -0.2) is 17.1 Å². The second-order valence-corrected chi connectivity index (χ2v) is 5.21. The first-order chi connectivity index (χ1) is 8.87. The molecule has 1 unspecified atom stereocenters. The lowest BCUT2D eigenvalue weighted by atomic mass is 9.81. The molecule has 0 saturated heterocycles. The second-order valence-electron chi connectivity index (χ2n) is 5.21. The van der Waals surface area contributed by atoms with E-state index in [2.05, 4.69) is 0 Å². The van der Waals surface area contributed by atoms with Gasteiger partial charge in [-0.3, -0.25) is 0 Å². The molecule has 1 atom stereocenters. The molecule has 0 spiro atoms. The van der Waals surface area contributed by atoms with Crippen molar-refractivity contribution in [2.75, 3.05) is 0 Å². The number of halogens is 4. The summed E-state index contributed by atoms with van der Waals surface area (Å²) in [4.78, 5) is 0. The van der Waals surface area contributed by atoms with Crippen LogP contribution in [0.15, 0.2) is 18.2 Å². The Morgan fingerprint density at radius 2 is 1.79 bits per heavy atom. The minimum atomic E-state index is -2.63. The Hall–Kier alpha value is -1.10.